The Morgan fingerprint density at radius 1 is 1.04 bits per heavy atom. The van der Waals surface area contributed by atoms with Crippen molar-refractivity contribution in [3.63, 3.8) is 0 Å². The molecule has 0 spiro atoms. The van der Waals surface area contributed by atoms with E-state index in [2.05, 4.69) is 5.32 Å². The maximum atomic E-state index is 11.5. The molecule has 2 heterocycles. The zero-order valence-corrected chi connectivity index (χ0v) is 14.4. The van der Waals surface area contributed by atoms with Crippen LogP contribution in [0.25, 0.3) is 0 Å². The SMILES string of the molecule is CC(=O)N[C@H]1[C@@H]2OC(C)(C)O[C@@H]2[C@@H](OC(C)=O)O[C@@H]1COC(C)=O. The zero-order chi connectivity index (χ0) is 18.1. The van der Waals surface area contributed by atoms with Crippen molar-refractivity contribution in [1.82, 2.24) is 5.32 Å². The molecule has 0 aromatic carbocycles. The maximum Gasteiger partial charge on any atom is 0.305 e. The third-order valence-corrected chi connectivity index (χ3v) is 3.60. The Balaban J connectivity index is 2.26. The first-order valence-corrected chi connectivity index (χ1v) is 7.68. The van der Waals surface area contributed by atoms with Crippen LogP contribution < -0.4 is 5.32 Å². The van der Waals surface area contributed by atoms with Gasteiger partial charge in [0.25, 0.3) is 0 Å². The molecule has 0 aromatic rings. The number of esters is 2. The minimum atomic E-state index is -1.03. The molecule has 0 saturated carbocycles. The number of rotatable bonds is 4. The van der Waals surface area contributed by atoms with Crippen LogP contribution in [0.15, 0.2) is 0 Å². The number of hydrogen-bond donors (Lipinski definition) is 1. The van der Waals surface area contributed by atoms with Crippen LogP contribution in [0.2, 0.25) is 0 Å². The fraction of sp³-hybridized carbons (Fsp3) is 0.800. The summed E-state index contributed by atoms with van der Waals surface area (Å²) in [6.45, 7) is 7.17. The van der Waals surface area contributed by atoms with Crippen molar-refractivity contribution < 1.29 is 38.1 Å². The van der Waals surface area contributed by atoms with Gasteiger partial charge in [-0.05, 0) is 13.8 Å². The lowest BCUT2D eigenvalue weighted by Gasteiger charge is -2.41. The number of nitrogens with one attached hydrogen (secondary N) is 1. The van der Waals surface area contributed by atoms with E-state index >= 15 is 0 Å². The number of fused-ring (bicyclic) bond motifs is 1. The highest BCUT2D eigenvalue weighted by molar-refractivity contribution is 5.73. The molecule has 5 atom stereocenters. The number of ether oxygens (including phenoxy) is 5. The van der Waals surface area contributed by atoms with Gasteiger partial charge in [-0.25, -0.2) is 0 Å². The summed E-state index contributed by atoms with van der Waals surface area (Å²) in [6, 6.07) is -0.625. The van der Waals surface area contributed by atoms with Gasteiger partial charge in [-0.15, -0.1) is 0 Å². The van der Waals surface area contributed by atoms with Crippen molar-refractivity contribution in [2.24, 2.45) is 0 Å². The van der Waals surface area contributed by atoms with Gasteiger partial charge < -0.3 is 29.0 Å². The Bertz CT molecular complexity index is 520. The third-order valence-electron chi connectivity index (χ3n) is 3.60. The average Bonchev–Trinajstić information content (AvgIpc) is 2.74. The summed E-state index contributed by atoms with van der Waals surface area (Å²) in [5.74, 6) is -2.27. The van der Waals surface area contributed by atoms with Crippen LogP contribution in [0.4, 0.5) is 0 Å². The van der Waals surface area contributed by atoms with Crippen LogP contribution in [0, 0.1) is 0 Å². The van der Waals surface area contributed by atoms with Gasteiger partial charge in [-0.2, -0.15) is 0 Å². The highest BCUT2D eigenvalue weighted by atomic mass is 16.8. The van der Waals surface area contributed by atoms with Crippen LogP contribution in [-0.2, 0) is 38.1 Å². The van der Waals surface area contributed by atoms with E-state index < -0.39 is 48.4 Å². The molecule has 2 aliphatic heterocycles. The van der Waals surface area contributed by atoms with Crippen molar-refractivity contribution in [3.05, 3.63) is 0 Å². The van der Waals surface area contributed by atoms with E-state index in [0.29, 0.717) is 0 Å². The van der Waals surface area contributed by atoms with Crippen LogP contribution in [0.3, 0.4) is 0 Å². The molecule has 1 N–H and O–H groups in total. The molecule has 2 fully saturated rings. The molecular formula is C15H23NO8. The number of carbonyl (C=O) groups is 3. The van der Waals surface area contributed by atoms with Gasteiger partial charge in [-0.1, -0.05) is 0 Å². The van der Waals surface area contributed by atoms with E-state index in [4.69, 9.17) is 23.7 Å². The van der Waals surface area contributed by atoms with E-state index in [0.717, 1.165) is 0 Å². The summed E-state index contributed by atoms with van der Waals surface area (Å²) in [7, 11) is 0. The van der Waals surface area contributed by atoms with Gasteiger partial charge in [0.1, 0.15) is 18.8 Å². The van der Waals surface area contributed by atoms with Gasteiger partial charge in [0, 0.05) is 20.8 Å². The minimum absolute atomic E-state index is 0.120. The summed E-state index contributed by atoms with van der Waals surface area (Å²) in [5.41, 5.74) is 0. The number of hydrogen-bond acceptors (Lipinski definition) is 8. The molecular weight excluding hydrogens is 322 g/mol. The summed E-state index contributed by atoms with van der Waals surface area (Å²) >= 11 is 0. The quantitative estimate of drug-likeness (QED) is 0.701. The van der Waals surface area contributed by atoms with Crippen molar-refractivity contribution in [1.29, 1.82) is 0 Å². The lowest BCUT2D eigenvalue weighted by atomic mass is 9.96. The second-order valence-corrected chi connectivity index (χ2v) is 6.25. The molecule has 136 valence electrons. The van der Waals surface area contributed by atoms with Crippen molar-refractivity contribution in [3.8, 4) is 0 Å². The first-order valence-electron chi connectivity index (χ1n) is 7.68. The summed E-state index contributed by atoms with van der Waals surface area (Å²) in [5, 5.41) is 2.74. The summed E-state index contributed by atoms with van der Waals surface area (Å²) in [6.07, 6.45) is -3.11. The lowest BCUT2D eigenvalue weighted by molar-refractivity contribution is -0.255. The zero-order valence-electron chi connectivity index (χ0n) is 14.4. The molecule has 0 bridgehead atoms. The van der Waals surface area contributed by atoms with Crippen LogP contribution in [0.1, 0.15) is 34.6 Å². The Kier molecular flexibility index (Phi) is 5.46. The predicted molar refractivity (Wildman–Crippen MR) is 78.5 cm³/mol. The van der Waals surface area contributed by atoms with E-state index in [9.17, 15) is 14.4 Å². The normalized spacial score (nSPS) is 34.1. The molecule has 24 heavy (non-hydrogen) atoms. The summed E-state index contributed by atoms with van der Waals surface area (Å²) < 4.78 is 27.5. The van der Waals surface area contributed by atoms with E-state index in [1.807, 2.05) is 0 Å². The minimum Gasteiger partial charge on any atom is -0.463 e. The van der Waals surface area contributed by atoms with Crippen LogP contribution >= 0.6 is 0 Å². The van der Waals surface area contributed by atoms with Gasteiger partial charge in [0.2, 0.25) is 12.2 Å². The average molecular weight is 345 g/mol. The van der Waals surface area contributed by atoms with E-state index in [1.54, 1.807) is 13.8 Å². The molecule has 0 aromatic heterocycles. The number of carbonyl (C=O) groups excluding carboxylic acids is 3. The molecule has 9 heteroatoms. The Morgan fingerprint density at radius 3 is 2.21 bits per heavy atom. The van der Waals surface area contributed by atoms with Gasteiger partial charge in [-0.3, -0.25) is 14.4 Å². The van der Waals surface area contributed by atoms with Gasteiger partial charge in [0.05, 0.1) is 6.04 Å². The van der Waals surface area contributed by atoms with E-state index in [1.165, 1.54) is 20.8 Å². The molecule has 2 saturated heterocycles. The van der Waals surface area contributed by atoms with Crippen molar-refractivity contribution in [2.45, 2.75) is 71.0 Å². The molecule has 2 rings (SSSR count). The Labute approximate surface area is 139 Å². The first kappa shape index (κ1) is 18.6. The predicted octanol–water partition coefficient (Wildman–Crippen LogP) is -0.138. The van der Waals surface area contributed by atoms with Crippen LogP contribution in [-0.4, -0.2) is 60.9 Å². The standard InChI is InChI=1S/C15H23NO8/c1-7(17)16-11-10(6-20-8(2)18)22-14(21-9(3)19)13-12(11)23-15(4,5)24-13/h10-14H,6H2,1-5H3,(H,16,17)/t10-,11-,12+,13+,14+/m1/s1. The Morgan fingerprint density at radius 2 is 1.67 bits per heavy atom. The highest BCUT2D eigenvalue weighted by Crippen LogP contribution is 2.38. The first-order chi connectivity index (χ1) is 11.1. The highest BCUT2D eigenvalue weighted by Gasteiger charge is 2.56. The largest absolute Gasteiger partial charge is 0.463 e. The molecule has 0 radical (unpaired) electrons. The molecule has 0 aliphatic carbocycles. The Hall–Kier alpha value is -1.71. The molecule has 1 amide bonds. The molecule has 2 aliphatic rings. The number of amides is 1. The second kappa shape index (κ2) is 7.04. The molecule has 0 unspecified atom stereocenters. The van der Waals surface area contributed by atoms with Crippen molar-refractivity contribution >= 4 is 17.8 Å². The van der Waals surface area contributed by atoms with E-state index in [-0.39, 0.29) is 12.5 Å². The smallest absolute Gasteiger partial charge is 0.305 e. The maximum absolute atomic E-state index is 11.5. The van der Waals surface area contributed by atoms with Crippen LogP contribution in [0.5, 0.6) is 0 Å². The molecule has 9 nitrogen and oxygen atoms in total. The second-order valence-electron chi connectivity index (χ2n) is 6.25. The van der Waals surface area contributed by atoms with Crippen molar-refractivity contribution in [2.75, 3.05) is 6.61 Å². The lowest BCUT2D eigenvalue weighted by Crippen LogP contribution is -2.64. The third kappa shape index (κ3) is 4.43. The fourth-order valence-electron chi connectivity index (χ4n) is 2.86. The van der Waals surface area contributed by atoms with Gasteiger partial charge >= 0.3 is 11.9 Å². The van der Waals surface area contributed by atoms with Gasteiger partial charge in [0.15, 0.2) is 11.9 Å². The topological polar surface area (TPSA) is 109 Å². The monoisotopic (exact) mass is 345 g/mol. The fourth-order valence-corrected chi connectivity index (χ4v) is 2.86. The summed E-state index contributed by atoms with van der Waals surface area (Å²) in [4.78, 5) is 34.0.